The largest absolute Gasteiger partial charge is 0.330 e. The van der Waals surface area contributed by atoms with Crippen molar-refractivity contribution in [3.63, 3.8) is 0 Å². The van der Waals surface area contributed by atoms with Crippen LogP contribution in [-0.2, 0) is 13.0 Å². The lowest BCUT2D eigenvalue weighted by molar-refractivity contribution is 0.686. The van der Waals surface area contributed by atoms with Gasteiger partial charge in [0, 0.05) is 18.0 Å². The third kappa shape index (κ3) is 2.06. The van der Waals surface area contributed by atoms with Gasteiger partial charge in [-0.1, -0.05) is 11.6 Å². The summed E-state index contributed by atoms with van der Waals surface area (Å²) in [5.41, 5.74) is 7.65. The highest BCUT2D eigenvalue weighted by atomic mass is 35.5. The van der Waals surface area contributed by atoms with Crippen molar-refractivity contribution in [3.05, 3.63) is 29.0 Å². The number of aryl methyl sites for hydroxylation is 2. The van der Waals surface area contributed by atoms with Gasteiger partial charge in [-0.15, -0.1) is 0 Å². The number of halogens is 1. The van der Waals surface area contributed by atoms with E-state index in [0.29, 0.717) is 6.54 Å². The zero-order valence-corrected chi connectivity index (χ0v) is 10.2. The summed E-state index contributed by atoms with van der Waals surface area (Å²) in [6.07, 6.45) is 1.90. The van der Waals surface area contributed by atoms with Crippen molar-refractivity contribution in [2.75, 3.05) is 6.54 Å². The standard InChI is InChI=1S/C12H16ClN3/c1-2-16-11-6-5-9(13)8-10(11)15-12(16)4-3-7-14/h5-6,8H,2-4,7,14H2,1H3. The summed E-state index contributed by atoms with van der Waals surface area (Å²) < 4.78 is 2.22. The average Bonchev–Trinajstić information content (AvgIpc) is 2.62. The van der Waals surface area contributed by atoms with Crippen LogP contribution in [0.15, 0.2) is 18.2 Å². The van der Waals surface area contributed by atoms with Crippen LogP contribution in [-0.4, -0.2) is 16.1 Å². The average molecular weight is 238 g/mol. The molecule has 86 valence electrons. The monoisotopic (exact) mass is 237 g/mol. The molecule has 2 rings (SSSR count). The molecule has 3 nitrogen and oxygen atoms in total. The first-order chi connectivity index (χ1) is 7.76. The van der Waals surface area contributed by atoms with E-state index >= 15 is 0 Å². The second-order valence-electron chi connectivity index (χ2n) is 3.80. The fourth-order valence-corrected chi connectivity index (χ4v) is 2.12. The van der Waals surface area contributed by atoms with Gasteiger partial charge in [-0.25, -0.2) is 4.98 Å². The summed E-state index contributed by atoms with van der Waals surface area (Å²) in [6, 6.07) is 5.85. The van der Waals surface area contributed by atoms with Crippen LogP contribution in [0, 0.1) is 0 Å². The molecule has 4 heteroatoms. The van der Waals surface area contributed by atoms with Crippen LogP contribution < -0.4 is 5.73 Å². The topological polar surface area (TPSA) is 43.8 Å². The highest BCUT2D eigenvalue weighted by Crippen LogP contribution is 2.21. The first-order valence-electron chi connectivity index (χ1n) is 5.61. The number of benzene rings is 1. The van der Waals surface area contributed by atoms with Crippen molar-refractivity contribution >= 4 is 22.6 Å². The third-order valence-electron chi connectivity index (χ3n) is 2.71. The fraction of sp³-hybridized carbons (Fsp3) is 0.417. The van der Waals surface area contributed by atoms with E-state index in [1.807, 2.05) is 18.2 Å². The highest BCUT2D eigenvalue weighted by molar-refractivity contribution is 6.31. The zero-order valence-electron chi connectivity index (χ0n) is 9.41. The second-order valence-corrected chi connectivity index (χ2v) is 4.23. The quantitative estimate of drug-likeness (QED) is 0.889. The number of hydrogen-bond acceptors (Lipinski definition) is 2. The van der Waals surface area contributed by atoms with Gasteiger partial charge in [0.25, 0.3) is 0 Å². The van der Waals surface area contributed by atoms with Crippen LogP contribution in [0.25, 0.3) is 11.0 Å². The molecule has 1 aromatic heterocycles. The molecule has 0 atom stereocenters. The van der Waals surface area contributed by atoms with Crippen LogP contribution in [0.3, 0.4) is 0 Å². The molecule has 0 spiro atoms. The molecule has 0 saturated heterocycles. The molecular weight excluding hydrogens is 222 g/mol. The van der Waals surface area contributed by atoms with E-state index < -0.39 is 0 Å². The number of hydrogen-bond donors (Lipinski definition) is 1. The van der Waals surface area contributed by atoms with E-state index in [4.69, 9.17) is 17.3 Å². The Morgan fingerprint density at radius 2 is 2.25 bits per heavy atom. The van der Waals surface area contributed by atoms with E-state index in [2.05, 4.69) is 16.5 Å². The van der Waals surface area contributed by atoms with E-state index in [1.165, 1.54) is 0 Å². The van der Waals surface area contributed by atoms with Crippen molar-refractivity contribution in [2.45, 2.75) is 26.3 Å². The predicted octanol–water partition coefficient (Wildman–Crippen LogP) is 2.60. The molecule has 0 aliphatic heterocycles. The highest BCUT2D eigenvalue weighted by Gasteiger charge is 2.08. The SMILES string of the molecule is CCn1c(CCCN)nc2cc(Cl)ccc21. The van der Waals surface area contributed by atoms with Crippen molar-refractivity contribution in [1.82, 2.24) is 9.55 Å². The molecule has 2 aromatic rings. The van der Waals surface area contributed by atoms with Gasteiger partial charge in [-0.05, 0) is 38.1 Å². The van der Waals surface area contributed by atoms with Crippen molar-refractivity contribution in [2.24, 2.45) is 5.73 Å². The molecule has 1 heterocycles. The normalized spacial score (nSPS) is 11.2. The first-order valence-corrected chi connectivity index (χ1v) is 5.98. The van der Waals surface area contributed by atoms with Crippen LogP contribution in [0.4, 0.5) is 0 Å². The third-order valence-corrected chi connectivity index (χ3v) is 2.95. The maximum Gasteiger partial charge on any atom is 0.109 e. The molecule has 0 aliphatic rings. The van der Waals surface area contributed by atoms with Gasteiger partial charge in [0.1, 0.15) is 5.82 Å². The van der Waals surface area contributed by atoms with Crippen LogP contribution >= 0.6 is 11.6 Å². The minimum atomic E-state index is 0.702. The van der Waals surface area contributed by atoms with Gasteiger partial charge >= 0.3 is 0 Å². The van der Waals surface area contributed by atoms with E-state index in [-0.39, 0.29) is 0 Å². The molecule has 1 aromatic carbocycles. The Bertz CT molecular complexity index is 490. The number of nitrogens with two attached hydrogens (primary N) is 1. The predicted molar refractivity (Wildman–Crippen MR) is 67.8 cm³/mol. The molecule has 16 heavy (non-hydrogen) atoms. The van der Waals surface area contributed by atoms with E-state index in [9.17, 15) is 0 Å². The number of nitrogens with zero attached hydrogens (tertiary/aromatic N) is 2. The maximum atomic E-state index is 5.96. The lowest BCUT2D eigenvalue weighted by Gasteiger charge is -2.04. The van der Waals surface area contributed by atoms with Crippen molar-refractivity contribution < 1.29 is 0 Å². The fourth-order valence-electron chi connectivity index (χ4n) is 1.96. The Morgan fingerprint density at radius 1 is 1.44 bits per heavy atom. The molecule has 0 saturated carbocycles. The van der Waals surface area contributed by atoms with E-state index in [0.717, 1.165) is 41.3 Å². The molecule has 0 unspecified atom stereocenters. The molecule has 0 bridgehead atoms. The minimum absolute atomic E-state index is 0.702. The maximum absolute atomic E-state index is 5.96. The summed E-state index contributed by atoms with van der Waals surface area (Å²) in [7, 11) is 0. The number of imidazole rings is 1. The molecule has 0 aliphatic carbocycles. The lowest BCUT2D eigenvalue weighted by Crippen LogP contribution is -2.06. The van der Waals surface area contributed by atoms with Gasteiger partial charge < -0.3 is 10.3 Å². The van der Waals surface area contributed by atoms with Gasteiger partial charge in [0.2, 0.25) is 0 Å². The molecule has 2 N–H and O–H groups in total. The van der Waals surface area contributed by atoms with Crippen molar-refractivity contribution in [3.8, 4) is 0 Å². The summed E-state index contributed by atoms with van der Waals surface area (Å²) in [5.74, 6) is 1.10. The Hall–Kier alpha value is -1.06. The minimum Gasteiger partial charge on any atom is -0.330 e. The Labute approximate surface area is 100 Å². The summed E-state index contributed by atoms with van der Waals surface area (Å²) >= 11 is 5.96. The summed E-state index contributed by atoms with van der Waals surface area (Å²) in [4.78, 5) is 4.60. The second kappa shape index (κ2) is 4.85. The summed E-state index contributed by atoms with van der Waals surface area (Å²) in [6.45, 7) is 3.76. The number of fused-ring (bicyclic) bond motifs is 1. The first kappa shape index (κ1) is 11.4. The molecule has 0 amide bonds. The number of aromatic nitrogens is 2. The van der Waals surface area contributed by atoms with Crippen molar-refractivity contribution in [1.29, 1.82) is 0 Å². The summed E-state index contributed by atoms with van der Waals surface area (Å²) in [5, 5.41) is 0.735. The van der Waals surface area contributed by atoms with Gasteiger partial charge in [0.05, 0.1) is 11.0 Å². The molecule has 0 radical (unpaired) electrons. The van der Waals surface area contributed by atoms with Crippen LogP contribution in [0.2, 0.25) is 5.02 Å². The smallest absolute Gasteiger partial charge is 0.109 e. The van der Waals surface area contributed by atoms with Crippen LogP contribution in [0.5, 0.6) is 0 Å². The van der Waals surface area contributed by atoms with Gasteiger partial charge in [-0.2, -0.15) is 0 Å². The van der Waals surface area contributed by atoms with Gasteiger partial charge in [-0.3, -0.25) is 0 Å². The lowest BCUT2D eigenvalue weighted by atomic mass is 10.3. The van der Waals surface area contributed by atoms with Crippen LogP contribution in [0.1, 0.15) is 19.2 Å². The number of rotatable bonds is 4. The Morgan fingerprint density at radius 3 is 2.94 bits per heavy atom. The van der Waals surface area contributed by atoms with Gasteiger partial charge in [0.15, 0.2) is 0 Å². The Kier molecular flexibility index (Phi) is 3.46. The van der Waals surface area contributed by atoms with E-state index in [1.54, 1.807) is 0 Å². The molecular formula is C12H16ClN3. The molecule has 0 fully saturated rings. The Balaban J connectivity index is 2.48. The zero-order chi connectivity index (χ0) is 11.5.